The van der Waals surface area contributed by atoms with Crippen molar-refractivity contribution in [1.82, 2.24) is 14.9 Å². The van der Waals surface area contributed by atoms with E-state index in [1.807, 2.05) is 53.4 Å². The van der Waals surface area contributed by atoms with E-state index in [9.17, 15) is 4.79 Å². The summed E-state index contributed by atoms with van der Waals surface area (Å²) in [6.45, 7) is 0.612. The van der Waals surface area contributed by atoms with Gasteiger partial charge in [-0.15, -0.1) is 0 Å². The van der Waals surface area contributed by atoms with Gasteiger partial charge >= 0.3 is 0 Å². The Morgan fingerprint density at radius 1 is 1.00 bits per heavy atom. The average molecular weight is 331 g/mol. The maximum Gasteiger partial charge on any atom is 0.273 e. The van der Waals surface area contributed by atoms with Crippen LogP contribution in [0.4, 0.5) is 0 Å². The molecule has 2 heterocycles. The van der Waals surface area contributed by atoms with Crippen molar-refractivity contribution in [2.24, 2.45) is 0 Å². The second-order valence-electron chi connectivity index (χ2n) is 6.62. The monoisotopic (exact) mass is 331 g/mol. The molecule has 25 heavy (non-hydrogen) atoms. The minimum absolute atomic E-state index is 0.0227. The molecule has 1 aromatic carbocycles. The first kappa shape index (κ1) is 15.8. The Bertz CT molecular complexity index is 872. The molecule has 1 fully saturated rings. The minimum atomic E-state index is 0.0227. The zero-order valence-corrected chi connectivity index (χ0v) is 14.1. The highest BCUT2D eigenvalue weighted by Crippen LogP contribution is 2.26. The molecule has 4 nitrogen and oxygen atoms in total. The summed E-state index contributed by atoms with van der Waals surface area (Å²) in [5.74, 6) is 0.0227. The van der Waals surface area contributed by atoms with Gasteiger partial charge in [-0.1, -0.05) is 37.1 Å². The van der Waals surface area contributed by atoms with Crippen LogP contribution in [-0.2, 0) is 6.54 Å². The molecule has 126 valence electrons. The molecule has 0 saturated heterocycles. The molecule has 0 radical (unpaired) electrons. The van der Waals surface area contributed by atoms with Gasteiger partial charge in [0.1, 0.15) is 5.69 Å². The summed E-state index contributed by atoms with van der Waals surface area (Å²) in [7, 11) is 0. The second-order valence-corrected chi connectivity index (χ2v) is 6.62. The van der Waals surface area contributed by atoms with E-state index in [2.05, 4.69) is 9.97 Å². The lowest BCUT2D eigenvalue weighted by atomic mass is 10.1. The van der Waals surface area contributed by atoms with E-state index >= 15 is 0 Å². The van der Waals surface area contributed by atoms with Crippen molar-refractivity contribution in [3.05, 3.63) is 72.2 Å². The molecular weight excluding hydrogens is 310 g/mol. The fourth-order valence-corrected chi connectivity index (χ4v) is 3.60. The Morgan fingerprint density at radius 2 is 1.76 bits per heavy atom. The smallest absolute Gasteiger partial charge is 0.273 e. The molecule has 1 aliphatic carbocycles. The van der Waals surface area contributed by atoms with Crippen LogP contribution in [0.2, 0.25) is 0 Å². The van der Waals surface area contributed by atoms with Gasteiger partial charge in [0.15, 0.2) is 0 Å². The molecule has 1 saturated carbocycles. The lowest BCUT2D eigenvalue weighted by molar-refractivity contribution is 0.0659. The van der Waals surface area contributed by atoms with Gasteiger partial charge in [0.2, 0.25) is 0 Å². The molecule has 4 heteroatoms. The lowest BCUT2D eigenvalue weighted by Crippen LogP contribution is -2.38. The standard InChI is InChI=1S/C21H21N3O/c25-21(20-10-9-17-5-1-4-8-19(17)23-20)24(18-6-2-3-7-18)15-16-11-13-22-14-12-16/h1,4-5,8-14,18H,2-3,6-7,15H2. The highest BCUT2D eigenvalue weighted by molar-refractivity contribution is 5.95. The Hall–Kier alpha value is -2.75. The van der Waals surface area contributed by atoms with Crippen LogP contribution in [0, 0.1) is 0 Å². The fraction of sp³-hybridized carbons (Fsp3) is 0.286. The van der Waals surface area contributed by atoms with Crippen molar-refractivity contribution in [3.63, 3.8) is 0 Å². The summed E-state index contributed by atoms with van der Waals surface area (Å²) < 4.78 is 0. The lowest BCUT2D eigenvalue weighted by Gasteiger charge is -2.29. The van der Waals surface area contributed by atoms with E-state index in [0.29, 0.717) is 18.3 Å². The number of amides is 1. The summed E-state index contributed by atoms with van der Waals surface area (Å²) in [5, 5.41) is 1.06. The van der Waals surface area contributed by atoms with E-state index in [1.54, 1.807) is 12.4 Å². The van der Waals surface area contributed by atoms with Crippen molar-refractivity contribution in [1.29, 1.82) is 0 Å². The topological polar surface area (TPSA) is 46.1 Å². The Kier molecular flexibility index (Phi) is 4.42. The minimum Gasteiger partial charge on any atom is -0.330 e. The number of rotatable bonds is 4. The third-order valence-electron chi connectivity index (χ3n) is 4.95. The first-order valence-electron chi connectivity index (χ1n) is 8.87. The van der Waals surface area contributed by atoms with Crippen LogP contribution < -0.4 is 0 Å². The zero-order valence-electron chi connectivity index (χ0n) is 14.1. The quantitative estimate of drug-likeness (QED) is 0.719. The SMILES string of the molecule is O=C(c1ccc2ccccc2n1)N(Cc1ccncc1)C1CCCC1. The van der Waals surface area contributed by atoms with Gasteiger partial charge in [0.25, 0.3) is 5.91 Å². The Morgan fingerprint density at radius 3 is 2.56 bits per heavy atom. The second kappa shape index (κ2) is 7.01. The van der Waals surface area contributed by atoms with Crippen molar-refractivity contribution in [3.8, 4) is 0 Å². The van der Waals surface area contributed by atoms with Crippen LogP contribution in [0.1, 0.15) is 41.7 Å². The number of benzene rings is 1. The molecule has 3 aromatic rings. The van der Waals surface area contributed by atoms with E-state index in [1.165, 1.54) is 12.8 Å². The summed E-state index contributed by atoms with van der Waals surface area (Å²) in [6.07, 6.45) is 8.09. The van der Waals surface area contributed by atoms with Gasteiger partial charge in [0, 0.05) is 30.4 Å². The van der Waals surface area contributed by atoms with Gasteiger partial charge in [-0.3, -0.25) is 9.78 Å². The third-order valence-corrected chi connectivity index (χ3v) is 4.95. The Balaban J connectivity index is 1.65. The third kappa shape index (κ3) is 3.38. The number of hydrogen-bond donors (Lipinski definition) is 0. The molecular formula is C21H21N3O. The van der Waals surface area contributed by atoms with Crippen molar-refractivity contribution in [2.45, 2.75) is 38.3 Å². The fourth-order valence-electron chi connectivity index (χ4n) is 3.60. The highest BCUT2D eigenvalue weighted by atomic mass is 16.2. The van der Waals surface area contributed by atoms with Crippen molar-refractivity contribution >= 4 is 16.8 Å². The van der Waals surface area contributed by atoms with Gasteiger partial charge < -0.3 is 4.90 Å². The molecule has 0 N–H and O–H groups in total. The average Bonchev–Trinajstić information content (AvgIpc) is 3.20. The molecule has 0 aliphatic heterocycles. The molecule has 1 aliphatic rings. The summed E-state index contributed by atoms with van der Waals surface area (Å²) in [5.41, 5.74) is 2.50. The molecule has 0 atom stereocenters. The summed E-state index contributed by atoms with van der Waals surface area (Å²) in [6, 6.07) is 16.0. The first-order chi connectivity index (χ1) is 12.3. The van der Waals surface area contributed by atoms with Crippen LogP contribution >= 0.6 is 0 Å². The van der Waals surface area contributed by atoms with Crippen LogP contribution in [-0.4, -0.2) is 26.8 Å². The predicted octanol–water partition coefficient (Wildman–Crippen LogP) is 4.21. The van der Waals surface area contributed by atoms with Crippen LogP contribution in [0.15, 0.2) is 60.9 Å². The van der Waals surface area contributed by atoms with Crippen LogP contribution in [0.25, 0.3) is 10.9 Å². The number of carbonyl (C=O) groups excluding carboxylic acids is 1. The van der Waals surface area contributed by atoms with Crippen LogP contribution in [0.3, 0.4) is 0 Å². The highest BCUT2D eigenvalue weighted by Gasteiger charge is 2.28. The summed E-state index contributed by atoms with van der Waals surface area (Å²) >= 11 is 0. The number of pyridine rings is 2. The van der Waals surface area contributed by atoms with E-state index in [-0.39, 0.29) is 5.91 Å². The number of fused-ring (bicyclic) bond motifs is 1. The first-order valence-corrected chi connectivity index (χ1v) is 8.87. The van der Waals surface area contributed by atoms with Gasteiger partial charge in [-0.2, -0.15) is 0 Å². The van der Waals surface area contributed by atoms with Crippen molar-refractivity contribution in [2.75, 3.05) is 0 Å². The number of hydrogen-bond acceptors (Lipinski definition) is 3. The molecule has 0 bridgehead atoms. The predicted molar refractivity (Wildman–Crippen MR) is 98.1 cm³/mol. The molecule has 4 rings (SSSR count). The largest absolute Gasteiger partial charge is 0.330 e. The summed E-state index contributed by atoms with van der Waals surface area (Å²) in [4.78, 5) is 23.9. The Labute approximate surface area is 147 Å². The normalized spacial score (nSPS) is 14.7. The van der Waals surface area contributed by atoms with Gasteiger partial charge in [0.05, 0.1) is 5.52 Å². The number of nitrogens with zero attached hydrogens (tertiary/aromatic N) is 3. The van der Waals surface area contributed by atoms with Crippen LogP contribution in [0.5, 0.6) is 0 Å². The molecule has 0 unspecified atom stereocenters. The van der Waals surface area contributed by atoms with E-state index in [0.717, 1.165) is 29.3 Å². The number of aromatic nitrogens is 2. The maximum absolute atomic E-state index is 13.2. The molecule has 0 spiro atoms. The number of carbonyl (C=O) groups is 1. The van der Waals surface area contributed by atoms with Gasteiger partial charge in [-0.25, -0.2) is 4.98 Å². The van der Waals surface area contributed by atoms with E-state index < -0.39 is 0 Å². The van der Waals surface area contributed by atoms with Crippen molar-refractivity contribution < 1.29 is 4.79 Å². The maximum atomic E-state index is 13.2. The zero-order chi connectivity index (χ0) is 17.1. The van der Waals surface area contributed by atoms with Gasteiger partial charge in [-0.05, 0) is 42.7 Å². The molecule has 1 amide bonds. The molecule has 2 aromatic heterocycles. The number of para-hydroxylation sites is 1. The van der Waals surface area contributed by atoms with E-state index in [4.69, 9.17) is 0 Å².